The van der Waals surface area contributed by atoms with E-state index in [4.69, 9.17) is 32.7 Å². The lowest BCUT2D eigenvalue weighted by atomic mass is 10.1. The quantitative estimate of drug-likeness (QED) is 0.300. The number of hydrogen-bond acceptors (Lipinski definition) is 5. The maximum Gasteiger partial charge on any atom is 0.293 e. The third kappa shape index (κ3) is 5.03. The van der Waals surface area contributed by atoms with Crippen LogP contribution >= 0.6 is 50.9 Å². The third-order valence-electron chi connectivity index (χ3n) is 4.12. The van der Waals surface area contributed by atoms with Crippen molar-refractivity contribution in [3.63, 3.8) is 0 Å². The highest BCUT2D eigenvalue weighted by atomic mass is 79.9. The molecule has 0 spiro atoms. The minimum absolute atomic E-state index is 0.176. The minimum atomic E-state index is -0.349. The van der Waals surface area contributed by atoms with Gasteiger partial charge in [-0.15, -0.1) is 6.58 Å². The van der Waals surface area contributed by atoms with Crippen molar-refractivity contribution in [2.75, 3.05) is 13.7 Å². The van der Waals surface area contributed by atoms with Gasteiger partial charge in [-0.25, -0.2) is 0 Å². The maximum absolute atomic E-state index is 12.4. The molecular formula is C21H16BrCl2NO4S. The van der Waals surface area contributed by atoms with E-state index in [1.165, 1.54) is 13.2 Å². The second-order valence-electron chi connectivity index (χ2n) is 6.14. The summed E-state index contributed by atoms with van der Waals surface area (Å²) in [5, 5.41) is 0.728. The van der Waals surface area contributed by atoms with Gasteiger partial charge in [-0.05, 0) is 63.6 Å². The lowest BCUT2D eigenvalue weighted by Gasteiger charge is -2.14. The topological polar surface area (TPSA) is 55.8 Å². The number of hydrogen-bond donors (Lipinski definition) is 0. The summed E-state index contributed by atoms with van der Waals surface area (Å²) in [6.45, 7) is 3.96. The molecule has 1 aliphatic rings. The van der Waals surface area contributed by atoms with Gasteiger partial charge in [-0.1, -0.05) is 35.3 Å². The highest BCUT2D eigenvalue weighted by Crippen LogP contribution is 2.39. The molecular weight excluding hydrogens is 513 g/mol. The Balaban J connectivity index is 1.84. The molecule has 2 aromatic rings. The third-order valence-corrected chi connectivity index (χ3v) is 6.21. The van der Waals surface area contributed by atoms with Gasteiger partial charge in [0.25, 0.3) is 11.1 Å². The van der Waals surface area contributed by atoms with Gasteiger partial charge in [0.2, 0.25) is 0 Å². The van der Waals surface area contributed by atoms with Crippen molar-refractivity contribution in [2.24, 2.45) is 0 Å². The first kappa shape index (κ1) is 22.7. The molecule has 0 aromatic heterocycles. The number of imide groups is 1. The van der Waals surface area contributed by atoms with Crippen LogP contribution in [-0.4, -0.2) is 29.7 Å². The van der Waals surface area contributed by atoms with Crippen molar-refractivity contribution in [1.82, 2.24) is 4.90 Å². The summed E-state index contributed by atoms with van der Waals surface area (Å²) in [6, 6.07) is 8.68. The van der Waals surface area contributed by atoms with Gasteiger partial charge in [0.05, 0.1) is 16.5 Å². The Morgan fingerprint density at radius 3 is 2.67 bits per heavy atom. The van der Waals surface area contributed by atoms with Crippen LogP contribution in [0.5, 0.6) is 11.5 Å². The molecule has 1 aliphatic heterocycles. The molecule has 0 atom stereocenters. The summed E-state index contributed by atoms with van der Waals surface area (Å²) < 4.78 is 12.0. The van der Waals surface area contributed by atoms with Crippen LogP contribution < -0.4 is 9.47 Å². The molecule has 156 valence electrons. The van der Waals surface area contributed by atoms with Gasteiger partial charge in [-0.2, -0.15) is 0 Å². The normalized spacial score (nSPS) is 15.1. The molecule has 0 bridgehead atoms. The monoisotopic (exact) mass is 527 g/mol. The fourth-order valence-corrected chi connectivity index (χ4v) is 4.58. The zero-order valence-corrected chi connectivity index (χ0v) is 19.7. The van der Waals surface area contributed by atoms with Crippen molar-refractivity contribution in [2.45, 2.75) is 6.61 Å². The number of methoxy groups -OCH3 is 1. The van der Waals surface area contributed by atoms with Crippen molar-refractivity contribution >= 4 is 68.1 Å². The highest BCUT2D eigenvalue weighted by Gasteiger charge is 2.34. The summed E-state index contributed by atoms with van der Waals surface area (Å²) in [7, 11) is 1.52. The van der Waals surface area contributed by atoms with Gasteiger partial charge in [0.1, 0.15) is 6.61 Å². The minimum Gasteiger partial charge on any atom is -0.493 e. The molecule has 1 saturated heterocycles. The second kappa shape index (κ2) is 9.92. The van der Waals surface area contributed by atoms with E-state index >= 15 is 0 Å². The number of amides is 2. The average molecular weight is 529 g/mol. The molecule has 3 rings (SSSR count). The molecule has 5 nitrogen and oxygen atoms in total. The Labute approximate surface area is 196 Å². The van der Waals surface area contributed by atoms with Gasteiger partial charge in [0.15, 0.2) is 11.5 Å². The fourth-order valence-electron chi connectivity index (χ4n) is 2.69. The Bertz CT molecular complexity index is 1060. The van der Waals surface area contributed by atoms with Crippen molar-refractivity contribution in [3.8, 4) is 11.5 Å². The molecule has 9 heteroatoms. The molecule has 1 fully saturated rings. The summed E-state index contributed by atoms with van der Waals surface area (Å²) in [6.07, 6.45) is 3.15. The van der Waals surface area contributed by atoms with E-state index in [2.05, 4.69) is 22.5 Å². The van der Waals surface area contributed by atoms with Crippen LogP contribution in [0.4, 0.5) is 4.79 Å². The molecule has 0 radical (unpaired) electrons. The van der Waals surface area contributed by atoms with Gasteiger partial charge < -0.3 is 9.47 Å². The standard InChI is InChI=1S/C21H16BrCl2NO4S/c1-3-6-25-20(26)18(30-21(25)27)9-12-7-15(22)19(17(8-12)28-2)29-11-13-4-5-14(23)10-16(13)24/h3-5,7-10H,1,6,11H2,2H3/b18-9+. The summed E-state index contributed by atoms with van der Waals surface area (Å²) in [4.78, 5) is 25.9. The van der Waals surface area contributed by atoms with Crippen LogP contribution in [0.25, 0.3) is 6.08 Å². The van der Waals surface area contributed by atoms with Crippen LogP contribution in [0.3, 0.4) is 0 Å². The van der Waals surface area contributed by atoms with E-state index in [0.29, 0.717) is 36.5 Å². The molecule has 1 heterocycles. The van der Waals surface area contributed by atoms with Crippen molar-refractivity contribution < 1.29 is 19.1 Å². The molecule has 0 saturated carbocycles. The molecule has 0 aliphatic carbocycles. The number of benzene rings is 2. The fraction of sp³-hybridized carbons (Fsp3) is 0.143. The van der Waals surface area contributed by atoms with Crippen LogP contribution in [0.1, 0.15) is 11.1 Å². The second-order valence-corrected chi connectivity index (χ2v) is 8.83. The summed E-state index contributed by atoms with van der Waals surface area (Å²) in [5.74, 6) is 0.601. The van der Waals surface area contributed by atoms with Crippen molar-refractivity contribution in [3.05, 3.63) is 73.5 Å². The number of ether oxygens (including phenoxy) is 2. The van der Waals surface area contributed by atoms with Gasteiger partial charge in [-0.3, -0.25) is 14.5 Å². The number of halogens is 3. The molecule has 2 amide bonds. The maximum atomic E-state index is 12.4. The predicted octanol–water partition coefficient (Wildman–Crippen LogP) is 6.57. The lowest BCUT2D eigenvalue weighted by molar-refractivity contribution is -0.122. The van der Waals surface area contributed by atoms with Crippen LogP contribution in [0.2, 0.25) is 10.0 Å². The Hall–Kier alpha value is -1.93. The van der Waals surface area contributed by atoms with E-state index in [-0.39, 0.29) is 24.3 Å². The smallest absolute Gasteiger partial charge is 0.293 e. The molecule has 0 N–H and O–H groups in total. The number of carbonyl (C=O) groups is 2. The van der Waals surface area contributed by atoms with Crippen LogP contribution in [-0.2, 0) is 11.4 Å². The lowest BCUT2D eigenvalue weighted by Crippen LogP contribution is -2.27. The molecule has 2 aromatic carbocycles. The van der Waals surface area contributed by atoms with E-state index in [9.17, 15) is 9.59 Å². The van der Waals surface area contributed by atoms with Crippen LogP contribution in [0, 0.1) is 0 Å². The first-order chi connectivity index (χ1) is 14.3. The number of thioether (sulfide) groups is 1. The van der Waals surface area contributed by atoms with Crippen LogP contribution in [0.15, 0.2) is 52.4 Å². The zero-order valence-electron chi connectivity index (χ0n) is 15.8. The number of rotatable bonds is 7. The van der Waals surface area contributed by atoms with E-state index in [0.717, 1.165) is 22.2 Å². The summed E-state index contributed by atoms with van der Waals surface area (Å²) in [5.41, 5.74) is 1.45. The Morgan fingerprint density at radius 2 is 2.00 bits per heavy atom. The van der Waals surface area contributed by atoms with Gasteiger partial charge >= 0.3 is 0 Å². The SMILES string of the molecule is C=CCN1C(=O)S/C(=C/c2cc(Br)c(OCc3ccc(Cl)cc3Cl)c(OC)c2)C1=O. The van der Waals surface area contributed by atoms with E-state index in [1.54, 1.807) is 36.4 Å². The predicted molar refractivity (Wildman–Crippen MR) is 124 cm³/mol. The van der Waals surface area contributed by atoms with E-state index < -0.39 is 0 Å². The van der Waals surface area contributed by atoms with E-state index in [1.807, 2.05) is 0 Å². The first-order valence-electron chi connectivity index (χ1n) is 8.64. The first-order valence-corrected chi connectivity index (χ1v) is 11.0. The Morgan fingerprint density at radius 1 is 1.23 bits per heavy atom. The highest BCUT2D eigenvalue weighted by molar-refractivity contribution is 9.10. The number of carbonyl (C=O) groups excluding carboxylic acids is 2. The van der Waals surface area contributed by atoms with Crippen molar-refractivity contribution in [1.29, 1.82) is 0 Å². The molecule has 30 heavy (non-hydrogen) atoms. The largest absolute Gasteiger partial charge is 0.493 e. The molecule has 0 unspecified atom stereocenters. The zero-order chi connectivity index (χ0) is 21.8. The Kier molecular flexibility index (Phi) is 7.52. The summed E-state index contributed by atoms with van der Waals surface area (Å²) >= 11 is 16.5. The average Bonchev–Trinajstić information content (AvgIpc) is 2.95. The van der Waals surface area contributed by atoms with Gasteiger partial charge in [0, 0.05) is 22.2 Å². The number of nitrogens with zero attached hydrogens (tertiary/aromatic N) is 1.